The van der Waals surface area contributed by atoms with Crippen molar-refractivity contribution >= 4 is 23.3 Å². The molecule has 0 saturated carbocycles. The predicted octanol–water partition coefficient (Wildman–Crippen LogP) is 2.37. The number of anilines is 2. The number of hydrogen-bond acceptors (Lipinski definition) is 4. The lowest BCUT2D eigenvalue weighted by Crippen LogP contribution is -2.30. The fourth-order valence-electron chi connectivity index (χ4n) is 1.64. The summed E-state index contributed by atoms with van der Waals surface area (Å²) in [6.07, 6.45) is -0.455. The lowest BCUT2D eigenvalue weighted by atomic mass is 10.2. The maximum absolute atomic E-state index is 11.3. The van der Waals surface area contributed by atoms with Crippen LogP contribution in [0.4, 0.5) is 16.2 Å². The second kappa shape index (κ2) is 8.16. The average molecular weight is 279 g/mol. The molecule has 0 heterocycles. The molecule has 0 aliphatic heterocycles. The quantitative estimate of drug-likeness (QED) is 0.664. The monoisotopic (exact) mass is 279 g/mol. The summed E-state index contributed by atoms with van der Waals surface area (Å²) in [5.74, 6) is 0.818. The van der Waals surface area contributed by atoms with Crippen molar-refractivity contribution in [1.82, 2.24) is 0 Å². The highest BCUT2D eigenvalue weighted by molar-refractivity contribution is 5.98. The first-order chi connectivity index (χ1) is 9.62. The Hall–Kier alpha value is -2.08. The zero-order valence-electron chi connectivity index (χ0n) is 12.3. The van der Waals surface area contributed by atoms with E-state index in [9.17, 15) is 4.79 Å². The summed E-state index contributed by atoms with van der Waals surface area (Å²) in [4.78, 5) is 17.4. The molecule has 0 saturated heterocycles. The Morgan fingerprint density at radius 2 is 2.00 bits per heavy atom. The Labute approximate surface area is 119 Å². The maximum atomic E-state index is 11.3. The first-order valence-corrected chi connectivity index (χ1v) is 6.34. The molecule has 0 atom stereocenters. The molecular formula is C14H21N3O3. The molecule has 0 unspecified atom stereocenters. The second-order valence-corrected chi connectivity index (χ2v) is 4.02. The molecule has 0 aliphatic carbocycles. The van der Waals surface area contributed by atoms with E-state index in [1.165, 1.54) is 0 Å². The van der Waals surface area contributed by atoms with E-state index in [1.54, 1.807) is 21.1 Å². The van der Waals surface area contributed by atoms with Crippen molar-refractivity contribution in [1.29, 1.82) is 0 Å². The van der Waals surface area contributed by atoms with E-state index in [4.69, 9.17) is 9.47 Å². The Morgan fingerprint density at radius 1 is 1.35 bits per heavy atom. The van der Waals surface area contributed by atoms with Crippen LogP contribution < -0.4 is 10.2 Å². The number of methoxy groups -OCH3 is 1. The Bertz CT molecular complexity index is 457. The van der Waals surface area contributed by atoms with Crippen LogP contribution in [0, 0.1) is 0 Å². The van der Waals surface area contributed by atoms with Gasteiger partial charge in [-0.15, -0.1) is 0 Å². The van der Waals surface area contributed by atoms with Gasteiger partial charge in [0.05, 0.1) is 6.61 Å². The standard InChI is InChI=1S/C14H21N3O3/c1-5-20-14(18)16-11-6-8-12(9-7-11)17(3)13(15-2)10-19-4/h6-9H,5,10H2,1-4H3,(H,16,18). The van der Waals surface area contributed by atoms with E-state index in [1.807, 2.05) is 36.2 Å². The van der Waals surface area contributed by atoms with Gasteiger partial charge in [-0.3, -0.25) is 10.3 Å². The Kier molecular flexibility index (Phi) is 6.52. The third-order valence-corrected chi connectivity index (χ3v) is 2.70. The minimum Gasteiger partial charge on any atom is -0.450 e. The first kappa shape index (κ1) is 16.0. The smallest absolute Gasteiger partial charge is 0.411 e. The van der Waals surface area contributed by atoms with E-state index >= 15 is 0 Å². The van der Waals surface area contributed by atoms with E-state index < -0.39 is 6.09 Å². The van der Waals surface area contributed by atoms with Gasteiger partial charge in [-0.1, -0.05) is 0 Å². The summed E-state index contributed by atoms with van der Waals surface area (Å²) < 4.78 is 9.91. The summed E-state index contributed by atoms with van der Waals surface area (Å²) in [5.41, 5.74) is 1.64. The number of nitrogens with zero attached hydrogens (tertiary/aromatic N) is 2. The molecule has 1 aromatic rings. The van der Waals surface area contributed by atoms with Crippen LogP contribution in [-0.4, -0.2) is 46.3 Å². The maximum Gasteiger partial charge on any atom is 0.411 e. The van der Waals surface area contributed by atoms with Gasteiger partial charge in [0.1, 0.15) is 12.4 Å². The third-order valence-electron chi connectivity index (χ3n) is 2.70. The number of hydrogen-bond donors (Lipinski definition) is 1. The highest BCUT2D eigenvalue weighted by Crippen LogP contribution is 2.17. The number of carbonyl (C=O) groups is 1. The molecule has 1 N–H and O–H groups in total. The van der Waals surface area contributed by atoms with Crippen LogP contribution in [0.25, 0.3) is 0 Å². The van der Waals surface area contributed by atoms with Crippen LogP contribution in [0.15, 0.2) is 29.3 Å². The zero-order valence-corrected chi connectivity index (χ0v) is 12.3. The SMILES string of the molecule is CCOC(=O)Nc1ccc(N(C)C(COC)=NC)cc1. The van der Waals surface area contributed by atoms with Gasteiger partial charge in [-0.25, -0.2) is 4.79 Å². The van der Waals surface area contributed by atoms with Crippen molar-refractivity contribution in [2.45, 2.75) is 6.92 Å². The number of carbonyl (C=O) groups excluding carboxylic acids is 1. The fourth-order valence-corrected chi connectivity index (χ4v) is 1.64. The second-order valence-electron chi connectivity index (χ2n) is 4.02. The highest BCUT2D eigenvalue weighted by atomic mass is 16.5. The minimum absolute atomic E-state index is 0.347. The molecule has 0 aromatic heterocycles. The van der Waals surface area contributed by atoms with Crippen LogP contribution in [0.3, 0.4) is 0 Å². The van der Waals surface area contributed by atoms with E-state index in [2.05, 4.69) is 10.3 Å². The number of amidine groups is 1. The molecule has 6 heteroatoms. The number of aliphatic imine (C=N–C) groups is 1. The summed E-state index contributed by atoms with van der Waals surface area (Å²) >= 11 is 0. The van der Waals surface area contributed by atoms with Gasteiger partial charge in [0.2, 0.25) is 0 Å². The molecule has 1 aromatic carbocycles. The molecule has 1 rings (SSSR count). The zero-order chi connectivity index (χ0) is 15.0. The molecule has 110 valence electrons. The van der Waals surface area contributed by atoms with Crippen LogP contribution in [-0.2, 0) is 9.47 Å². The van der Waals surface area contributed by atoms with Crippen LogP contribution in [0.2, 0.25) is 0 Å². The van der Waals surface area contributed by atoms with Gasteiger partial charge >= 0.3 is 6.09 Å². The molecule has 0 radical (unpaired) electrons. The van der Waals surface area contributed by atoms with Gasteiger partial charge in [0.15, 0.2) is 0 Å². The molecule has 0 bridgehead atoms. The van der Waals surface area contributed by atoms with E-state index in [0.717, 1.165) is 11.5 Å². The Morgan fingerprint density at radius 3 is 2.50 bits per heavy atom. The Balaban J connectivity index is 2.73. The minimum atomic E-state index is -0.455. The molecule has 20 heavy (non-hydrogen) atoms. The summed E-state index contributed by atoms with van der Waals surface area (Å²) in [5, 5.41) is 2.64. The normalized spacial score (nSPS) is 11.1. The van der Waals surface area contributed by atoms with E-state index in [-0.39, 0.29) is 0 Å². The lowest BCUT2D eigenvalue weighted by Gasteiger charge is -2.21. The van der Waals surface area contributed by atoms with Crippen LogP contribution in [0.5, 0.6) is 0 Å². The molecule has 0 fully saturated rings. The summed E-state index contributed by atoms with van der Waals surface area (Å²) in [7, 11) is 5.27. The largest absolute Gasteiger partial charge is 0.450 e. The molecule has 6 nitrogen and oxygen atoms in total. The van der Waals surface area contributed by atoms with Crippen molar-refractivity contribution < 1.29 is 14.3 Å². The first-order valence-electron chi connectivity index (χ1n) is 6.34. The highest BCUT2D eigenvalue weighted by Gasteiger charge is 2.08. The number of amides is 1. The predicted molar refractivity (Wildman–Crippen MR) is 80.7 cm³/mol. The van der Waals surface area contributed by atoms with Crippen molar-refractivity contribution in [3.05, 3.63) is 24.3 Å². The summed E-state index contributed by atoms with van der Waals surface area (Å²) in [6, 6.07) is 7.40. The van der Waals surface area contributed by atoms with Gasteiger partial charge in [0.25, 0.3) is 0 Å². The van der Waals surface area contributed by atoms with Crippen molar-refractivity contribution in [3.63, 3.8) is 0 Å². The summed E-state index contributed by atoms with van der Waals surface area (Å²) in [6.45, 7) is 2.55. The topological polar surface area (TPSA) is 63.2 Å². The van der Waals surface area contributed by atoms with Gasteiger partial charge in [0, 0.05) is 32.6 Å². The fraction of sp³-hybridized carbons (Fsp3) is 0.429. The van der Waals surface area contributed by atoms with Crippen molar-refractivity contribution in [2.75, 3.05) is 44.6 Å². The number of nitrogens with one attached hydrogen (secondary N) is 1. The number of benzene rings is 1. The van der Waals surface area contributed by atoms with Crippen molar-refractivity contribution in [3.8, 4) is 0 Å². The molecular weight excluding hydrogens is 258 g/mol. The molecule has 0 aliphatic rings. The molecule has 1 amide bonds. The lowest BCUT2D eigenvalue weighted by molar-refractivity contribution is 0.168. The third kappa shape index (κ3) is 4.55. The number of likely N-dealkylation sites (N-methyl/N-ethyl adjacent to an activating group) is 1. The number of rotatable bonds is 5. The van der Waals surface area contributed by atoms with Crippen LogP contribution in [0.1, 0.15) is 6.92 Å². The van der Waals surface area contributed by atoms with Gasteiger partial charge in [-0.05, 0) is 31.2 Å². The van der Waals surface area contributed by atoms with Crippen LogP contribution >= 0.6 is 0 Å². The van der Waals surface area contributed by atoms with Gasteiger partial charge in [-0.2, -0.15) is 0 Å². The number of ether oxygens (including phenoxy) is 2. The van der Waals surface area contributed by atoms with E-state index in [0.29, 0.717) is 18.9 Å². The van der Waals surface area contributed by atoms with Crippen molar-refractivity contribution in [2.24, 2.45) is 4.99 Å². The van der Waals surface area contributed by atoms with Gasteiger partial charge < -0.3 is 14.4 Å². The average Bonchev–Trinajstić information content (AvgIpc) is 2.45. The molecule has 0 spiro atoms.